The molecule has 1 amide bonds. The third-order valence-corrected chi connectivity index (χ3v) is 6.77. The average Bonchev–Trinajstić information content (AvgIpc) is 2.65. The molecule has 28 heavy (non-hydrogen) atoms. The van der Waals surface area contributed by atoms with Gasteiger partial charge < -0.3 is 10.1 Å². The molecule has 0 saturated carbocycles. The summed E-state index contributed by atoms with van der Waals surface area (Å²) in [6.07, 6.45) is 0. The van der Waals surface area contributed by atoms with E-state index in [9.17, 15) is 13.2 Å². The minimum atomic E-state index is -3.94. The Bertz CT molecular complexity index is 967. The molecule has 152 valence electrons. The smallest absolute Gasteiger partial charge is 0.243 e. The van der Waals surface area contributed by atoms with E-state index in [-0.39, 0.29) is 26.5 Å². The van der Waals surface area contributed by atoms with Gasteiger partial charge in [-0.3, -0.25) is 4.79 Å². The number of nitrogens with one attached hydrogen (secondary N) is 1. The number of sulfonamides is 1. The number of carbonyl (C=O) groups excluding carboxylic acids is 1. The number of benzene rings is 2. The highest BCUT2D eigenvalue weighted by atomic mass is 35.5. The third kappa shape index (κ3) is 5.30. The second kappa shape index (κ2) is 9.80. The first-order chi connectivity index (χ1) is 13.2. The number of likely N-dealkylation sites (N-methyl/N-ethyl adjacent to an activating group) is 1. The number of hydrogen-bond donors (Lipinski definition) is 1. The lowest BCUT2D eigenvalue weighted by molar-refractivity contribution is -0.116. The van der Waals surface area contributed by atoms with Gasteiger partial charge in [0.1, 0.15) is 5.75 Å². The molecule has 0 aliphatic heterocycles. The zero-order valence-electron chi connectivity index (χ0n) is 15.2. The number of nitrogens with zero attached hydrogens (tertiary/aromatic N) is 1. The van der Waals surface area contributed by atoms with E-state index in [0.717, 1.165) is 4.31 Å². The Balaban J connectivity index is 2.20. The van der Waals surface area contributed by atoms with Gasteiger partial charge in [0.05, 0.1) is 38.8 Å². The Kier molecular flexibility index (Phi) is 7.97. The van der Waals surface area contributed by atoms with Crippen molar-refractivity contribution in [3.05, 3.63) is 51.5 Å². The van der Waals surface area contributed by atoms with Crippen molar-refractivity contribution in [1.29, 1.82) is 0 Å². The van der Waals surface area contributed by atoms with Gasteiger partial charge in [0.2, 0.25) is 15.9 Å². The number of rotatable bonds is 8. The van der Waals surface area contributed by atoms with Crippen LogP contribution in [0.2, 0.25) is 15.1 Å². The number of amides is 1. The molecule has 0 heterocycles. The summed E-state index contributed by atoms with van der Waals surface area (Å²) in [6, 6.07) is 8.95. The molecule has 2 aromatic carbocycles. The van der Waals surface area contributed by atoms with Crippen molar-refractivity contribution >= 4 is 56.4 Å². The number of anilines is 1. The van der Waals surface area contributed by atoms with E-state index in [1.165, 1.54) is 18.2 Å². The standard InChI is InChI=1S/C18H19Cl3N2O4S/c1-3-23(11-17(24)22-15-7-5-6-13(19)18(15)21)28(25,26)12-8-9-16(27-4-2)14(20)10-12/h5-10H,3-4,11H2,1-2H3,(H,22,24). The Labute approximate surface area is 179 Å². The van der Waals surface area contributed by atoms with Crippen LogP contribution in [0.1, 0.15) is 13.8 Å². The van der Waals surface area contributed by atoms with E-state index < -0.39 is 22.5 Å². The molecule has 0 aromatic heterocycles. The van der Waals surface area contributed by atoms with Gasteiger partial charge in [-0.2, -0.15) is 4.31 Å². The molecular weight excluding hydrogens is 447 g/mol. The maximum absolute atomic E-state index is 12.9. The predicted octanol–water partition coefficient (Wildman–Crippen LogP) is 4.69. The van der Waals surface area contributed by atoms with E-state index in [2.05, 4.69) is 5.32 Å². The van der Waals surface area contributed by atoms with Gasteiger partial charge in [-0.15, -0.1) is 0 Å². The quantitative estimate of drug-likeness (QED) is 0.613. The molecule has 0 aliphatic rings. The summed E-state index contributed by atoms with van der Waals surface area (Å²) in [5, 5.41) is 3.21. The van der Waals surface area contributed by atoms with E-state index in [1.807, 2.05) is 0 Å². The van der Waals surface area contributed by atoms with Crippen LogP contribution < -0.4 is 10.1 Å². The summed E-state index contributed by atoms with van der Waals surface area (Å²) >= 11 is 18.1. The van der Waals surface area contributed by atoms with Gasteiger partial charge in [-0.05, 0) is 37.3 Å². The Hall–Kier alpha value is -1.51. The topological polar surface area (TPSA) is 75.7 Å². The van der Waals surface area contributed by atoms with Crippen molar-refractivity contribution in [2.24, 2.45) is 0 Å². The molecule has 6 nitrogen and oxygen atoms in total. The summed E-state index contributed by atoms with van der Waals surface area (Å²) < 4.78 is 32.1. The lowest BCUT2D eigenvalue weighted by Crippen LogP contribution is -2.37. The fourth-order valence-electron chi connectivity index (χ4n) is 2.38. The molecule has 0 unspecified atom stereocenters. The minimum Gasteiger partial charge on any atom is -0.492 e. The number of ether oxygens (including phenoxy) is 1. The fourth-order valence-corrected chi connectivity index (χ4v) is 4.46. The molecular formula is C18H19Cl3N2O4S. The first-order valence-corrected chi connectivity index (χ1v) is 10.9. The Morgan fingerprint density at radius 3 is 2.43 bits per heavy atom. The van der Waals surface area contributed by atoms with Crippen molar-refractivity contribution in [3.8, 4) is 5.75 Å². The highest BCUT2D eigenvalue weighted by Gasteiger charge is 2.26. The van der Waals surface area contributed by atoms with Gasteiger partial charge in [0, 0.05) is 6.54 Å². The van der Waals surface area contributed by atoms with Gasteiger partial charge in [-0.25, -0.2) is 8.42 Å². The van der Waals surface area contributed by atoms with E-state index in [1.54, 1.807) is 32.0 Å². The zero-order valence-corrected chi connectivity index (χ0v) is 18.3. The highest BCUT2D eigenvalue weighted by Crippen LogP contribution is 2.30. The van der Waals surface area contributed by atoms with E-state index in [0.29, 0.717) is 18.0 Å². The second-order valence-corrected chi connectivity index (χ2v) is 8.74. The highest BCUT2D eigenvalue weighted by molar-refractivity contribution is 7.89. The van der Waals surface area contributed by atoms with Crippen LogP contribution >= 0.6 is 34.8 Å². The van der Waals surface area contributed by atoms with Crippen LogP contribution in [0.4, 0.5) is 5.69 Å². The Morgan fingerprint density at radius 2 is 1.82 bits per heavy atom. The second-order valence-electron chi connectivity index (χ2n) is 5.61. The van der Waals surface area contributed by atoms with Gasteiger partial charge in [-0.1, -0.05) is 47.8 Å². The van der Waals surface area contributed by atoms with E-state index >= 15 is 0 Å². The SMILES string of the molecule is CCOc1ccc(S(=O)(=O)N(CC)CC(=O)Nc2cccc(Cl)c2Cl)cc1Cl. The average molecular weight is 466 g/mol. The van der Waals surface area contributed by atoms with Crippen molar-refractivity contribution in [2.45, 2.75) is 18.7 Å². The maximum atomic E-state index is 12.9. The molecule has 2 rings (SSSR count). The van der Waals surface area contributed by atoms with Crippen molar-refractivity contribution in [3.63, 3.8) is 0 Å². The van der Waals surface area contributed by atoms with Crippen LogP contribution in [0.5, 0.6) is 5.75 Å². The summed E-state index contributed by atoms with van der Waals surface area (Å²) in [7, 11) is -3.94. The summed E-state index contributed by atoms with van der Waals surface area (Å²) in [5.41, 5.74) is 0.303. The zero-order chi connectivity index (χ0) is 20.9. The molecule has 0 radical (unpaired) electrons. The molecule has 0 saturated heterocycles. The lowest BCUT2D eigenvalue weighted by Gasteiger charge is -2.20. The molecule has 0 atom stereocenters. The van der Waals surface area contributed by atoms with Crippen LogP contribution in [-0.2, 0) is 14.8 Å². The first kappa shape index (κ1) is 22.8. The molecule has 0 bridgehead atoms. The van der Waals surface area contributed by atoms with Crippen LogP contribution in [0, 0.1) is 0 Å². The molecule has 0 fully saturated rings. The summed E-state index contributed by atoms with van der Waals surface area (Å²) in [4.78, 5) is 12.3. The van der Waals surface area contributed by atoms with Crippen molar-refractivity contribution in [1.82, 2.24) is 4.31 Å². The largest absolute Gasteiger partial charge is 0.492 e. The first-order valence-electron chi connectivity index (χ1n) is 8.37. The minimum absolute atomic E-state index is 0.0311. The molecule has 2 aromatic rings. The molecule has 0 aliphatic carbocycles. The monoisotopic (exact) mass is 464 g/mol. The van der Waals surface area contributed by atoms with Gasteiger partial charge >= 0.3 is 0 Å². The van der Waals surface area contributed by atoms with Gasteiger partial charge in [0.15, 0.2) is 0 Å². The van der Waals surface area contributed by atoms with Crippen LogP contribution in [0.3, 0.4) is 0 Å². The molecule has 0 spiro atoms. The van der Waals surface area contributed by atoms with Crippen molar-refractivity contribution < 1.29 is 17.9 Å². The van der Waals surface area contributed by atoms with Gasteiger partial charge in [0.25, 0.3) is 0 Å². The predicted molar refractivity (Wildman–Crippen MR) is 112 cm³/mol. The maximum Gasteiger partial charge on any atom is 0.243 e. The van der Waals surface area contributed by atoms with Crippen LogP contribution in [0.15, 0.2) is 41.3 Å². The van der Waals surface area contributed by atoms with Crippen molar-refractivity contribution in [2.75, 3.05) is 25.0 Å². The fraction of sp³-hybridized carbons (Fsp3) is 0.278. The third-order valence-electron chi connectivity index (χ3n) is 3.74. The van der Waals surface area contributed by atoms with Crippen LogP contribution in [0.25, 0.3) is 0 Å². The number of halogens is 3. The molecule has 10 heteroatoms. The molecule has 1 N–H and O–H groups in total. The normalized spacial score (nSPS) is 11.5. The number of hydrogen-bond acceptors (Lipinski definition) is 4. The summed E-state index contributed by atoms with van der Waals surface area (Å²) in [6.45, 7) is 3.52. The lowest BCUT2D eigenvalue weighted by atomic mass is 10.3. The van der Waals surface area contributed by atoms with Crippen LogP contribution in [-0.4, -0.2) is 38.3 Å². The summed E-state index contributed by atoms with van der Waals surface area (Å²) in [5.74, 6) is -0.161. The van der Waals surface area contributed by atoms with E-state index in [4.69, 9.17) is 39.5 Å². The number of carbonyl (C=O) groups is 1. The Morgan fingerprint density at radius 1 is 1.11 bits per heavy atom.